The maximum absolute atomic E-state index is 11.4. The fourth-order valence-electron chi connectivity index (χ4n) is 1.01. The van der Waals surface area contributed by atoms with Crippen LogP contribution in [0.5, 0.6) is 0 Å². The largest absolute Gasteiger partial charge is 0.298 e. The lowest BCUT2D eigenvalue weighted by Gasteiger charge is -2.02. The maximum atomic E-state index is 11.4. The van der Waals surface area contributed by atoms with Gasteiger partial charge in [-0.15, -0.1) is 12.3 Å². The summed E-state index contributed by atoms with van der Waals surface area (Å²) in [6.45, 7) is 2.51. The van der Waals surface area contributed by atoms with Crippen molar-refractivity contribution < 1.29 is 0 Å². The molecule has 1 aromatic rings. The van der Waals surface area contributed by atoms with E-state index < -0.39 is 0 Å². The molecular formula is C10H12N2O. The summed E-state index contributed by atoms with van der Waals surface area (Å²) < 4.78 is 1.53. The second-order valence-electron chi connectivity index (χ2n) is 2.72. The van der Waals surface area contributed by atoms with Crippen LogP contribution in [0.2, 0.25) is 0 Å². The Kier molecular flexibility index (Phi) is 3.27. The van der Waals surface area contributed by atoms with Crippen molar-refractivity contribution in [3.8, 4) is 12.3 Å². The van der Waals surface area contributed by atoms with E-state index in [4.69, 9.17) is 6.42 Å². The molecule has 0 saturated heterocycles. The van der Waals surface area contributed by atoms with Gasteiger partial charge in [0.1, 0.15) is 0 Å². The van der Waals surface area contributed by atoms with Crippen LogP contribution in [-0.4, -0.2) is 9.55 Å². The van der Waals surface area contributed by atoms with E-state index in [1.807, 2.05) is 6.92 Å². The highest BCUT2D eigenvalue weighted by Gasteiger charge is 1.96. The Hall–Kier alpha value is -1.56. The van der Waals surface area contributed by atoms with E-state index in [0.717, 1.165) is 12.1 Å². The van der Waals surface area contributed by atoms with Crippen LogP contribution in [0.1, 0.15) is 19.0 Å². The number of aryl methyl sites for hydroxylation is 2. The number of aromatic nitrogens is 2. The quantitative estimate of drug-likeness (QED) is 0.639. The maximum Gasteiger partial charge on any atom is 0.253 e. The molecule has 0 aliphatic carbocycles. The molecule has 68 valence electrons. The zero-order chi connectivity index (χ0) is 9.68. The zero-order valence-electron chi connectivity index (χ0n) is 7.66. The minimum atomic E-state index is -0.0258. The van der Waals surface area contributed by atoms with Gasteiger partial charge in [0, 0.05) is 24.7 Å². The van der Waals surface area contributed by atoms with Crippen molar-refractivity contribution in [2.45, 2.75) is 26.3 Å². The summed E-state index contributed by atoms with van der Waals surface area (Å²) in [5.41, 5.74) is 0.795. The third-order valence-electron chi connectivity index (χ3n) is 1.80. The fourth-order valence-corrected chi connectivity index (χ4v) is 1.01. The smallest absolute Gasteiger partial charge is 0.253 e. The molecule has 0 saturated carbocycles. The van der Waals surface area contributed by atoms with Crippen LogP contribution in [0.25, 0.3) is 0 Å². The third-order valence-corrected chi connectivity index (χ3v) is 1.80. The highest BCUT2D eigenvalue weighted by Crippen LogP contribution is 1.90. The van der Waals surface area contributed by atoms with Crippen LogP contribution < -0.4 is 5.56 Å². The molecule has 0 amide bonds. The first kappa shape index (κ1) is 9.53. The van der Waals surface area contributed by atoms with E-state index in [1.165, 1.54) is 4.57 Å². The van der Waals surface area contributed by atoms with Crippen LogP contribution in [0.15, 0.2) is 17.2 Å². The predicted molar refractivity (Wildman–Crippen MR) is 51.3 cm³/mol. The van der Waals surface area contributed by atoms with Gasteiger partial charge in [0.05, 0.1) is 6.33 Å². The van der Waals surface area contributed by atoms with Crippen molar-refractivity contribution in [2.24, 2.45) is 0 Å². The Balaban J connectivity index is 2.87. The number of rotatable bonds is 3. The Morgan fingerprint density at radius 3 is 3.00 bits per heavy atom. The van der Waals surface area contributed by atoms with Gasteiger partial charge in [-0.2, -0.15) is 0 Å². The first-order chi connectivity index (χ1) is 6.27. The SMILES string of the molecule is C#CCCn1cnc(CC)cc1=O. The van der Waals surface area contributed by atoms with Crippen molar-refractivity contribution in [1.29, 1.82) is 0 Å². The van der Waals surface area contributed by atoms with Gasteiger partial charge in [0.2, 0.25) is 0 Å². The summed E-state index contributed by atoms with van der Waals surface area (Å²) in [5.74, 6) is 2.48. The Labute approximate surface area is 77.4 Å². The minimum absolute atomic E-state index is 0.0258. The average Bonchev–Trinajstić information content (AvgIpc) is 2.16. The highest BCUT2D eigenvalue weighted by molar-refractivity contribution is 4.99. The average molecular weight is 176 g/mol. The molecule has 3 nitrogen and oxygen atoms in total. The van der Waals surface area contributed by atoms with Gasteiger partial charge in [-0.3, -0.25) is 9.36 Å². The molecule has 1 rings (SSSR count). The van der Waals surface area contributed by atoms with Crippen molar-refractivity contribution in [3.63, 3.8) is 0 Å². The number of hydrogen-bond donors (Lipinski definition) is 0. The minimum Gasteiger partial charge on any atom is -0.298 e. The van der Waals surface area contributed by atoms with Gasteiger partial charge in [0.25, 0.3) is 5.56 Å². The first-order valence-corrected chi connectivity index (χ1v) is 4.26. The molecule has 1 aromatic heterocycles. The van der Waals surface area contributed by atoms with Crippen LogP contribution in [0, 0.1) is 12.3 Å². The molecule has 0 aliphatic heterocycles. The molecule has 0 fully saturated rings. The third kappa shape index (κ3) is 2.45. The van der Waals surface area contributed by atoms with Crippen molar-refractivity contribution in [3.05, 3.63) is 28.4 Å². The molecule has 0 atom stereocenters. The van der Waals surface area contributed by atoms with E-state index in [0.29, 0.717) is 13.0 Å². The van der Waals surface area contributed by atoms with E-state index in [-0.39, 0.29) is 5.56 Å². The lowest BCUT2D eigenvalue weighted by Crippen LogP contribution is -2.20. The van der Waals surface area contributed by atoms with Gasteiger partial charge < -0.3 is 0 Å². The summed E-state index contributed by atoms with van der Waals surface area (Å²) in [5, 5.41) is 0. The van der Waals surface area contributed by atoms with Gasteiger partial charge in [-0.05, 0) is 6.42 Å². The van der Waals surface area contributed by atoms with E-state index in [9.17, 15) is 4.79 Å². The number of nitrogens with zero attached hydrogens (tertiary/aromatic N) is 2. The monoisotopic (exact) mass is 176 g/mol. The molecule has 0 unspecified atom stereocenters. The van der Waals surface area contributed by atoms with E-state index >= 15 is 0 Å². The number of hydrogen-bond acceptors (Lipinski definition) is 2. The summed E-state index contributed by atoms with van der Waals surface area (Å²) in [7, 11) is 0. The van der Waals surface area contributed by atoms with Gasteiger partial charge in [-0.1, -0.05) is 6.92 Å². The van der Waals surface area contributed by atoms with Crippen molar-refractivity contribution in [1.82, 2.24) is 9.55 Å². The second-order valence-corrected chi connectivity index (χ2v) is 2.72. The summed E-state index contributed by atoms with van der Waals surface area (Å²) in [6.07, 6.45) is 8.00. The van der Waals surface area contributed by atoms with E-state index in [2.05, 4.69) is 10.9 Å². The van der Waals surface area contributed by atoms with Gasteiger partial charge in [0.15, 0.2) is 0 Å². The Morgan fingerprint density at radius 1 is 1.69 bits per heavy atom. The molecule has 0 aliphatic rings. The fraction of sp³-hybridized carbons (Fsp3) is 0.400. The lowest BCUT2D eigenvalue weighted by molar-refractivity contribution is 0.666. The molecule has 0 aromatic carbocycles. The lowest BCUT2D eigenvalue weighted by atomic mass is 10.3. The topological polar surface area (TPSA) is 34.9 Å². The molecule has 3 heteroatoms. The molecule has 0 radical (unpaired) electrons. The summed E-state index contributed by atoms with van der Waals surface area (Å²) in [6, 6.07) is 1.55. The molecule has 0 spiro atoms. The standard InChI is InChI=1S/C10H12N2O/c1-3-5-6-12-8-11-9(4-2)7-10(12)13/h1,7-8H,4-6H2,2H3. The molecular weight excluding hydrogens is 164 g/mol. The highest BCUT2D eigenvalue weighted by atomic mass is 16.1. The van der Waals surface area contributed by atoms with Crippen LogP contribution in [0.3, 0.4) is 0 Å². The van der Waals surface area contributed by atoms with Crippen molar-refractivity contribution in [2.75, 3.05) is 0 Å². The Bertz CT molecular complexity index is 373. The Morgan fingerprint density at radius 2 is 2.46 bits per heavy atom. The predicted octanol–water partition coefficient (Wildman–Crippen LogP) is 0.829. The van der Waals surface area contributed by atoms with E-state index in [1.54, 1.807) is 12.4 Å². The van der Waals surface area contributed by atoms with Crippen LogP contribution in [0.4, 0.5) is 0 Å². The van der Waals surface area contributed by atoms with Crippen LogP contribution >= 0.6 is 0 Å². The zero-order valence-corrected chi connectivity index (χ0v) is 7.66. The molecule has 0 N–H and O–H groups in total. The number of terminal acetylenes is 1. The van der Waals surface area contributed by atoms with Crippen LogP contribution in [-0.2, 0) is 13.0 Å². The van der Waals surface area contributed by atoms with Gasteiger partial charge in [-0.25, -0.2) is 4.98 Å². The molecule has 0 bridgehead atoms. The second kappa shape index (κ2) is 4.46. The molecule has 13 heavy (non-hydrogen) atoms. The summed E-state index contributed by atoms with van der Waals surface area (Å²) in [4.78, 5) is 15.5. The normalized spacial score (nSPS) is 9.54. The first-order valence-electron chi connectivity index (χ1n) is 4.26. The van der Waals surface area contributed by atoms with Crippen molar-refractivity contribution >= 4 is 0 Å². The van der Waals surface area contributed by atoms with Gasteiger partial charge >= 0.3 is 0 Å². The molecule has 1 heterocycles. The summed E-state index contributed by atoms with van der Waals surface area (Å²) >= 11 is 0.